The number of hydrogen-bond acceptors (Lipinski definition) is 3. The predicted molar refractivity (Wildman–Crippen MR) is 152 cm³/mol. The quantitative estimate of drug-likeness (QED) is 0.247. The van der Waals surface area contributed by atoms with E-state index < -0.39 is 30.4 Å². The molecule has 2 N–H and O–H groups in total. The van der Waals surface area contributed by atoms with Gasteiger partial charge in [0.05, 0.1) is 16.4 Å². The summed E-state index contributed by atoms with van der Waals surface area (Å²) in [6, 6.07) is 8.38. The molecule has 0 fully saturated rings. The number of allylic oxidation sites excluding steroid dienone is 1. The number of alkyl halides is 6. The second-order valence-electron chi connectivity index (χ2n) is 9.25. The van der Waals surface area contributed by atoms with E-state index in [9.17, 15) is 26.3 Å². The summed E-state index contributed by atoms with van der Waals surface area (Å²) in [5, 5.41) is 7.02. The summed E-state index contributed by atoms with van der Waals surface area (Å²) in [6.07, 6.45) is -5.92. The third kappa shape index (κ3) is 10.6. The Bertz CT molecular complexity index is 1130. The molecular formula is C27H31ClF6N2S2. The molecule has 0 radical (unpaired) electrons. The van der Waals surface area contributed by atoms with Crippen LogP contribution in [-0.2, 0) is 0 Å². The van der Waals surface area contributed by atoms with Gasteiger partial charge in [-0.2, -0.15) is 26.3 Å². The van der Waals surface area contributed by atoms with Crippen LogP contribution in [-0.4, -0.2) is 41.8 Å². The zero-order valence-corrected chi connectivity index (χ0v) is 24.3. The van der Waals surface area contributed by atoms with Gasteiger partial charge >= 0.3 is 12.4 Å². The van der Waals surface area contributed by atoms with E-state index in [2.05, 4.69) is 10.6 Å². The maximum Gasteiger partial charge on any atom is 0.405 e. The van der Waals surface area contributed by atoms with Crippen molar-refractivity contribution in [1.29, 1.82) is 0 Å². The molecule has 0 aliphatic heterocycles. The fourth-order valence-electron chi connectivity index (χ4n) is 3.23. The zero-order chi connectivity index (χ0) is 29.5. The van der Waals surface area contributed by atoms with Gasteiger partial charge in [-0.3, -0.25) is 0 Å². The molecule has 0 bridgehead atoms. The van der Waals surface area contributed by atoms with Crippen LogP contribution in [0.5, 0.6) is 0 Å². The molecule has 0 heterocycles. The molecule has 1 unspecified atom stereocenters. The number of aryl methyl sites for hydroxylation is 3. The Morgan fingerprint density at radius 2 is 1.53 bits per heavy atom. The van der Waals surface area contributed by atoms with E-state index in [1.165, 1.54) is 24.3 Å². The minimum atomic E-state index is -4.38. The Hall–Kier alpha value is -2.01. The molecule has 2 aromatic carbocycles. The average Bonchev–Trinajstić information content (AvgIpc) is 2.80. The van der Waals surface area contributed by atoms with Gasteiger partial charge in [-0.25, -0.2) is 0 Å². The molecule has 1 atom stereocenters. The van der Waals surface area contributed by atoms with Gasteiger partial charge in [0.15, 0.2) is 0 Å². The average molecular weight is 597 g/mol. The lowest BCUT2D eigenvalue weighted by Gasteiger charge is -2.26. The number of hydrogen-bond donors (Lipinski definition) is 2. The van der Waals surface area contributed by atoms with E-state index in [1.807, 2.05) is 13.0 Å². The number of nitrogens with one attached hydrogen (secondary N) is 2. The van der Waals surface area contributed by atoms with Crippen molar-refractivity contribution in [3.63, 3.8) is 0 Å². The Labute approximate surface area is 235 Å². The first kappa shape index (κ1) is 34.0. The smallest absolute Gasteiger partial charge is 0.369 e. The Morgan fingerprint density at radius 3 is 1.95 bits per heavy atom. The van der Waals surface area contributed by atoms with E-state index in [0.29, 0.717) is 21.7 Å². The van der Waals surface area contributed by atoms with Gasteiger partial charge in [0.1, 0.15) is 6.54 Å². The fourth-order valence-corrected chi connectivity index (χ4v) is 3.77. The summed E-state index contributed by atoms with van der Waals surface area (Å²) >= 11 is 15.8. The highest BCUT2D eigenvalue weighted by Crippen LogP contribution is 2.38. The molecule has 0 amide bonds. The molecule has 2 nitrogen and oxygen atoms in total. The molecule has 11 heteroatoms. The monoisotopic (exact) mass is 596 g/mol. The van der Waals surface area contributed by atoms with Gasteiger partial charge in [0, 0.05) is 10.4 Å². The van der Waals surface area contributed by atoms with Crippen molar-refractivity contribution in [3.05, 3.63) is 74.8 Å². The Kier molecular flexibility index (Phi) is 12.4. The lowest BCUT2D eigenvalue weighted by Crippen LogP contribution is -2.51. The van der Waals surface area contributed by atoms with Crippen molar-refractivity contribution in [2.75, 3.05) is 13.6 Å². The first-order valence-corrected chi connectivity index (χ1v) is 12.7. The lowest BCUT2D eigenvalue weighted by atomic mass is 9.93. The summed E-state index contributed by atoms with van der Waals surface area (Å²) < 4.78 is 76.0. The summed E-state index contributed by atoms with van der Waals surface area (Å²) in [7, 11) is 1.64. The normalized spacial score (nSPS) is 13.1. The van der Waals surface area contributed by atoms with E-state index in [4.69, 9.17) is 36.0 Å². The molecule has 210 valence electrons. The molecule has 2 aromatic rings. The van der Waals surface area contributed by atoms with E-state index >= 15 is 0 Å². The van der Waals surface area contributed by atoms with Crippen LogP contribution in [0.2, 0.25) is 5.02 Å². The minimum Gasteiger partial charge on any atom is -0.369 e. The Morgan fingerprint density at radius 1 is 0.974 bits per heavy atom. The number of likely N-dealkylation sites (N-methyl/N-ethyl adjacent to an activating group) is 1. The van der Waals surface area contributed by atoms with Crippen LogP contribution in [0.15, 0.2) is 36.4 Å². The van der Waals surface area contributed by atoms with Crippen molar-refractivity contribution < 1.29 is 26.3 Å². The van der Waals surface area contributed by atoms with Gasteiger partial charge in [0.25, 0.3) is 0 Å². The van der Waals surface area contributed by atoms with Crippen LogP contribution in [0.25, 0.3) is 6.08 Å². The minimum absolute atomic E-state index is 0.160. The van der Waals surface area contributed by atoms with Gasteiger partial charge in [-0.15, -0.1) is 0 Å². The van der Waals surface area contributed by atoms with Crippen LogP contribution in [0.3, 0.4) is 0 Å². The summed E-state index contributed by atoms with van der Waals surface area (Å²) in [4.78, 5) is 0.160. The van der Waals surface area contributed by atoms with Gasteiger partial charge in [-0.1, -0.05) is 78.5 Å². The highest BCUT2D eigenvalue weighted by molar-refractivity contribution is 7.80. The number of benzene rings is 2. The van der Waals surface area contributed by atoms with Crippen LogP contribution in [0.4, 0.5) is 26.3 Å². The van der Waals surface area contributed by atoms with E-state index in [-0.39, 0.29) is 10.6 Å². The van der Waals surface area contributed by atoms with Crippen LogP contribution < -0.4 is 10.6 Å². The van der Waals surface area contributed by atoms with Crippen molar-refractivity contribution >= 4 is 52.5 Å². The number of halogens is 7. The van der Waals surface area contributed by atoms with Gasteiger partial charge < -0.3 is 10.6 Å². The standard InChI is InChI=1S/C20H18ClF3S.C7H13F3N2S/c1-12-8-15(4-6-16(12)11-25)5-7-18(20(22,23)24)17-9-13(2)19(21)14(3)10-17;1-6(2,11-3)5(13)12-4-7(8,9)10/h4-11,18H,1-3H3;11H,4H2,1-3H3,(H,12,13)/b7-5+;. The van der Waals surface area contributed by atoms with Crippen molar-refractivity contribution in [2.45, 2.75) is 58.4 Å². The van der Waals surface area contributed by atoms with E-state index in [1.54, 1.807) is 52.2 Å². The Balaban J connectivity index is 0.000000471. The molecule has 2 rings (SSSR count). The SMILES string of the molecule is CNC(C)(C)C(=S)NCC(F)(F)F.Cc1cc(/C=C/C(c2cc(C)c(Cl)c(C)c2)C(F)(F)F)ccc1C=S. The van der Waals surface area contributed by atoms with Gasteiger partial charge in [0.2, 0.25) is 0 Å². The van der Waals surface area contributed by atoms with Crippen LogP contribution in [0.1, 0.15) is 53.1 Å². The molecule has 0 saturated carbocycles. The molecule has 0 aliphatic rings. The van der Waals surface area contributed by atoms with Crippen LogP contribution in [0, 0.1) is 20.8 Å². The van der Waals surface area contributed by atoms with Crippen molar-refractivity contribution in [2.24, 2.45) is 0 Å². The first-order valence-electron chi connectivity index (χ1n) is 11.4. The molecule has 0 aliphatic carbocycles. The topological polar surface area (TPSA) is 24.1 Å². The first-order chi connectivity index (χ1) is 17.3. The van der Waals surface area contributed by atoms with Crippen molar-refractivity contribution in [1.82, 2.24) is 10.6 Å². The van der Waals surface area contributed by atoms with E-state index in [0.717, 1.165) is 11.1 Å². The largest absolute Gasteiger partial charge is 0.405 e. The fraction of sp³-hybridized carbons (Fsp3) is 0.407. The molecule has 0 spiro atoms. The highest BCUT2D eigenvalue weighted by Gasteiger charge is 2.39. The van der Waals surface area contributed by atoms with Crippen LogP contribution >= 0.6 is 36.0 Å². The highest BCUT2D eigenvalue weighted by atomic mass is 35.5. The predicted octanol–water partition coefficient (Wildman–Crippen LogP) is 8.44. The molecule has 38 heavy (non-hydrogen) atoms. The third-order valence-corrected chi connectivity index (χ3v) is 7.22. The molecule has 0 saturated heterocycles. The zero-order valence-electron chi connectivity index (χ0n) is 21.9. The lowest BCUT2D eigenvalue weighted by molar-refractivity contribution is -0.139. The van der Waals surface area contributed by atoms with Gasteiger partial charge in [-0.05, 0) is 75.0 Å². The summed E-state index contributed by atoms with van der Waals surface area (Å²) in [5.41, 5.74) is 3.38. The number of rotatable bonds is 7. The molecule has 0 aromatic heterocycles. The second-order valence-corrected chi connectivity index (χ2v) is 10.3. The van der Waals surface area contributed by atoms with Crippen molar-refractivity contribution in [3.8, 4) is 0 Å². The maximum atomic E-state index is 13.6. The second kappa shape index (κ2) is 13.9. The third-order valence-electron chi connectivity index (χ3n) is 5.71. The summed E-state index contributed by atoms with van der Waals surface area (Å²) in [6.45, 7) is 7.63. The molecular weight excluding hydrogens is 566 g/mol. The maximum absolute atomic E-state index is 13.6. The summed E-state index contributed by atoms with van der Waals surface area (Å²) in [5.74, 6) is -1.69. The number of thiocarbonyl (C=S) groups is 2.